The lowest BCUT2D eigenvalue weighted by Gasteiger charge is -2.40. The van der Waals surface area contributed by atoms with Gasteiger partial charge in [0.1, 0.15) is 12.9 Å². The van der Waals surface area contributed by atoms with Crippen LogP contribution in [0.1, 0.15) is 84.1 Å². The maximum Gasteiger partial charge on any atom is 0.306 e. The molecule has 0 fully saturated rings. The van der Waals surface area contributed by atoms with Gasteiger partial charge in [-0.15, -0.1) is 0 Å². The number of allylic oxidation sites excluding steroid dienone is 3. The van der Waals surface area contributed by atoms with Crippen LogP contribution in [-0.4, -0.2) is 28.0 Å². The van der Waals surface area contributed by atoms with Crippen molar-refractivity contribution >= 4 is 11.9 Å². The number of hydrogen-bond acceptors (Lipinski definition) is 4. The number of carbonyl (C=O) groups excluding carboxylic acids is 2. The Balaban J connectivity index is 2.15. The Bertz CT molecular complexity index is 803. The first-order valence-corrected chi connectivity index (χ1v) is 11.2. The number of ether oxygens (including phenoxy) is 1. The summed E-state index contributed by atoms with van der Waals surface area (Å²) in [6, 6.07) is 0. The molecule has 0 N–H and O–H groups in total. The molecule has 0 spiro atoms. The highest BCUT2D eigenvalue weighted by Gasteiger charge is 2.39. The van der Waals surface area contributed by atoms with E-state index in [-0.39, 0.29) is 29.1 Å². The second-order valence-electron chi connectivity index (χ2n) is 9.51. The molecule has 1 aromatic rings. The number of aromatic nitrogens is 2. The average molecular weight is 415 g/mol. The maximum absolute atomic E-state index is 12.4. The van der Waals surface area contributed by atoms with Gasteiger partial charge in [-0.25, -0.2) is 4.98 Å². The van der Waals surface area contributed by atoms with Gasteiger partial charge < -0.3 is 4.74 Å². The zero-order valence-electron chi connectivity index (χ0n) is 19.6. The van der Waals surface area contributed by atoms with Crippen LogP contribution < -0.4 is 0 Å². The summed E-state index contributed by atoms with van der Waals surface area (Å²) in [5, 5.41) is 0. The van der Waals surface area contributed by atoms with Crippen LogP contribution in [0.5, 0.6) is 0 Å². The summed E-state index contributed by atoms with van der Waals surface area (Å²) in [5.41, 5.74) is 1.92. The quantitative estimate of drug-likeness (QED) is 0.480. The molecule has 5 nitrogen and oxygen atoms in total. The van der Waals surface area contributed by atoms with Crippen molar-refractivity contribution in [3.05, 3.63) is 42.0 Å². The maximum atomic E-state index is 12.4. The van der Waals surface area contributed by atoms with Gasteiger partial charge in [0.15, 0.2) is 0 Å². The van der Waals surface area contributed by atoms with E-state index < -0.39 is 0 Å². The fourth-order valence-corrected chi connectivity index (χ4v) is 4.12. The summed E-state index contributed by atoms with van der Waals surface area (Å²) >= 11 is 0. The molecule has 166 valence electrons. The average Bonchev–Trinajstić information content (AvgIpc) is 3.16. The van der Waals surface area contributed by atoms with Crippen molar-refractivity contribution in [1.29, 1.82) is 0 Å². The fourth-order valence-electron chi connectivity index (χ4n) is 4.12. The van der Waals surface area contributed by atoms with Gasteiger partial charge in [-0.1, -0.05) is 72.3 Å². The lowest BCUT2D eigenvalue weighted by molar-refractivity contribution is -0.148. The first kappa shape index (κ1) is 24.1. The second-order valence-corrected chi connectivity index (χ2v) is 9.51. The minimum Gasteiger partial charge on any atom is -0.465 e. The van der Waals surface area contributed by atoms with Crippen LogP contribution in [-0.2, 0) is 9.53 Å². The van der Waals surface area contributed by atoms with Crippen molar-refractivity contribution in [3.8, 4) is 0 Å². The molecule has 0 saturated carbocycles. The van der Waals surface area contributed by atoms with Crippen LogP contribution in [0.25, 0.3) is 0 Å². The topological polar surface area (TPSA) is 61.2 Å². The minimum atomic E-state index is -0.221. The monoisotopic (exact) mass is 414 g/mol. The summed E-state index contributed by atoms with van der Waals surface area (Å²) in [5.74, 6) is 0.821. The van der Waals surface area contributed by atoms with Crippen molar-refractivity contribution < 1.29 is 14.3 Å². The Kier molecular flexibility index (Phi) is 8.22. The zero-order valence-corrected chi connectivity index (χ0v) is 19.6. The molecule has 1 heterocycles. The third-order valence-electron chi connectivity index (χ3n) is 6.23. The van der Waals surface area contributed by atoms with E-state index in [1.165, 1.54) is 5.57 Å². The summed E-state index contributed by atoms with van der Waals surface area (Å²) in [4.78, 5) is 29.0. The molecule has 0 radical (unpaired) electrons. The Labute approximate surface area is 181 Å². The number of hydrogen-bond donors (Lipinski definition) is 0. The Morgan fingerprint density at radius 1 is 1.17 bits per heavy atom. The first-order valence-electron chi connectivity index (χ1n) is 11.2. The van der Waals surface area contributed by atoms with E-state index in [0.717, 1.165) is 12.1 Å². The van der Waals surface area contributed by atoms with Crippen molar-refractivity contribution in [1.82, 2.24) is 9.55 Å². The molecular formula is C25H38N2O3. The summed E-state index contributed by atoms with van der Waals surface area (Å²) in [7, 11) is 0. The minimum absolute atomic E-state index is 0.0708. The van der Waals surface area contributed by atoms with E-state index in [1.807, 2.05) is 33.9 Å². The second kappa shape index (κ2) is 10.2. The molecule has 0 bridgehead atoms. The van der Waals surface area contributed by atoms with E-state index in [1.54, 1.807) is 10.9 Å². The third kappa shape index (κ3) is 5.71. The molecule has 0 aromatic carbocycles. The molecule has 0 amide bonds. The normalized spacial score (nSPS) is 22.3. The van der Waals surface area contributed by atoms with Crippen LogP contribution in [0.4, 0.5) is 0 Å². The predicted molar refractivity (Wildman–Crippen MR) is 120 cm³/mol. The van der Waals surface area contributed by atoms with Crippen molar-refractivity contribution in [2.24, 2.45) is 23.2 Å². The van der Waals surface area contributed by atoms with Gasteiger partial charge in [0.25, 0.3) is 0 Å². The Morgan fingerprint density at radius 3 is 2.43 bits per heavy atom. The van der Waals surface area contributed by atoms with Gasteiger partial charge in [-0.05, 0) is 24.2 Å². The lowest BCUT2D eigenvalue weighted by atomic mass is 9.66. The molecule has 1 aromatic heterocycles. The van der Waals surface area contributed by atoms with Gasteiger partial charge >= 0.3 is 5.97 Å². The molecule has 3 atom stereocenters. The Hall–Kier alpha value is -2.17. The molecule has 0 saturated heterocycles. The van der Waals surface area contributed by atoms with Crippen LogP contribution in [0.3, 0.4) is 0 Å². The van der Waals surface area contributed by atoms with E-state index in [0.29, 0.717) is 31.3 Å². The van der Waals surface area contributed by atoms with Gasteiger partial charge in [0.05, 0.1) is 5.69 Å². The third-order valence-corrected chi connectivity index (χ3v) is 6.23. The molecule has 30 heavy (non-hydrogen) atoms. The lowest BCUT2D eigenvalue weighted by Crippen LogP contribution is -2.36. The number of nitrogens with zero attached hydrogens (tertiary/aromatic N) is 2. The van der Waals surface area contributed by atoms with Gasteiger partial charge in [0.2, 0.25) is 5.91 Å². The summed E-state index contributed by atoms with van der Waals surface area (Å²) < 4.78 is 7.29. The van der Waals surface area contributed by atoms with Gasteiger partial charge in [0, 0.05) is 30.4 Å². The molecule has 1 aliphatic rings. The van der Waals surface area contributed by atoms with Crippen molar-refractivity contribution in [3.63, 3.8) is 0 Å². The van der Waals surface area contributed by atoms with Gasteiger partial charge in [-0.2, -0.15) is 0 Å². The van der Waals surface area contributed by atoms with E-state index in [4.69, 9.17) is 4.74 Å². The largest absolute Gasteiger partial charge is 0.465 e. The fraction of sp³-hybridized carbons (Fsp3) is 0.640. The number of carbonyl (C=O) groups is 2. The smallest absolute Gasteiger partial charge is 0.306 e. The van der Waals surface area contributed by atoms with Crippen LogP contribution in [0, 0.1) is 23.2 Å². The molecule has 2 rings (SSSR count). The highest BCUT2D eigenvalue weighted by molar-refractivity contribution is 5.78. The molecule has 0 aliphatic heterocycles. The highest BCUT2D eigenvalue weighted by Crippen LogP contribution is 2.45. The predicted octanol–water partition coefficient (Wildman–Crippen LogP) is 5.79. The zero-order chi connectivity index (χ0) is 22.5. The van der Waals surface area contributed by atoms with Crippen LogP contribution in [0.15, 0.2) is 36.3 Å². The molecule has 2 unspecified atom stereocenters. The van der Waals surface area contributed by atoms with Crippen LogP contribution >= 0.6 is 0 Å². The first-order chi connectivity index (χ1) is 14.1. The highest BCUT2D eigenvalue weighted by atomic mass is 16.5. The summed E-state index contributed by atoms with van der Waals surface area (Å²) in [6.45, 7) is 15.0. The number of imidazole rings is 1. The van der Waals surface area contributed by atoms with E-state index in [2.05, 4.69) is 44.0 Å². The van der Waals surface area contributed by atoms with Crippen molar-refractivity contribution in [2.45, 2.75) is 73.6 Å². The van der Waals surface area contributed by atoms with Crippen molar-refractivity contribution in [2.75, 3.05) is 6.61 Å². The van der Waals surface area contributed by atoms with Gasteiger partial charge in [-0.3, -0.25) is 14.2 Å². The SMILES string of the molecule is CCC1(COC(=O)CC(C)C)C=CC=C([C@H](C)c2cn(C(=O)CC(C)C)cn2)C1C. The standard InChI is InChI=1S/C25H38N2O3/c1-8-25(15-30-24(29)13-18(4)5)11-9-10-21(20(25)7)19(6)22-14-27(16-26-22)23(28)12-17(2)3/h9-11,14,16-20H,8,12-13,15H2,1-7H3/t19-,20?,25?/m0/s1. The number of esters is 1. The number of rotatable bonds is 9. The molecule has 1 aliphatic carbocycles. The summed E-state index contributed by atoms with van der Waals surface area (Å²) in [6.07, 6.45) is 11.7. The molecule has 5 heteroatoms. The van der Waals surface area contributed by atoms with Crippen LogP contribution in [0.2, 0.25) is 0 Å². The van der Waals surface area contributed by atoms with E-state index >= 15 is 0 Å². The molecular weight excluding hydrogens is 376 g/mol. The Morgan fingerprint density at radius 2 is 1.83 bits per heavy atom. The van der Waals surface area contributed by atoms with E-state index in [9.17, 15) is 9.59 Å².